The van der Waals surface area contributed by atoms with E-state index in [0.717, 1.165) is 12.0 Å². The summed E-state index contributed by atoms with van der Waals surface area (Å²) in [5, 5.41) is 10.0. The van der Waals surface area contributed by atoms with Crippen molar-refractivity contribution in [2.75, 3.05) is 7.11 Å². The molecule has 0 spiro atoms. The molecule has 0 unspecified atom stereocenters. The number of rotatable bonds is 2. The minimum Gasteiger partial charge on any atom is -0.469 e. The smallest absolute Gasteiger partial charge is 0.308 e. The van der Waals surface area contributed by atoms with Crippen LogP contribution in [0.5, 0.6) is 0 Å². The van der Waals surface area contributed by atoms with Crippen molar-refractivity contribution in [3.63, 3.8) is 0 Å². The van der Waals surface area contributed by atoms with E-state index < -0.39 is 0 Å². The van der Waals surface area contributed by atoms with Crippen molar-refractivity contribution in [1.82, 2.24) is 0 Å². The molecule has 0 bridgehead atoms. The number of hydrogen-bond donors (Lipinski definition) is 1. The Morgan fingerprint density at radius 3 is 2.65 bits per heavy atom. The molecule has 1 aromatic carbocycles. The summed E-state index contributed by atoms with van der Waals surface area (Å²) in [6.07, 6.45) is 1.72. The fraction of sp³-hybridized carbons (Fsp3) is 0.500. The second-order valence-corrected chi connectivity index (χ2v) is 4.62. The Hall–Kier alpha value is -1.35. The van der Waals surface area contributed by atoms with E-state index in [0.29, 0.717) is 12.8 Å². The summed E-state index contributed by atoms with van der Waals surface area (Å²) in [5.41, 5.74) is 1.11. The first kappa shape index (κ1) is 12.1. The zero-order valence-corrected chi connectivity index (χ0v) is 10.0. The van der Waals surface area contributed by atoms with E-state index >= 15 is 0 Å². The summed E-state index contributed by atoms with van der Waals surface area (Å²) in [4.78, 5) is 11.5. The van der Waals surface area contributed by atoms with Crippen LogP contribution in [0.4, 0.5) is 0 Å². The molecule has 1 fully saturated rings. The summed E-state index contributed by atoms with van der Waals surface area (Å²) in [6, 6.07) is 9.89. The third kappa shape index (κ3) is 2.67. The lowest BCUT2D eigenvalue weighted by Crippen LogP contribution is -2.31. The molecule has 0 aliphatic heterocycles. The number of esters is 1. The Labute approximate surface area is 101 Å². The van der Waals surface area contributed by atoms with Crippen LogP contribution < -0.4 is 0 Å². The predicted molar refractivity (Wildman–Crippen MR) is 64.5 cm³/mol. The normalized spacial score (nSPS) is 28.7. The van der Waals surface area contributed by atoms with Gasteiger partial charge in [0.2, 0.25) is 0 Å². The largest absolute Gasteiger partial charge is 0.469 e. The molecule has 0 saturated heterocycles. The van der Waals surface area contributed by atoms with Gasteiger partial charge in [0.1, 0.15) is 0 Å². The number of carbonyl (C=O) groups excluding carboxylic acids is 1. The van der Waals surface area contributed by atoms with Crippen LogP contribution in [0.3, 0.4) is 0 Å². The van der Waals surface area contributed by atoms with Gasteiger partial charge in [-0.15, -0.1) is 0 Å². The highest BCUT2D eigenvalue weighted by Crippen LogP contribution is 2.36. The lowest BCUT2D eigenvalue weighted by molar-refractivity contribution is -0.147. The quantitative estimate of drug-likeness (QED) is 0.797. The maximum atomic E-state index is 11.5. The Balaban J connectivity index is 2.13. The van der Waals surface area contributed by atoms with Gasteiger partial charge in [0.15, 0.2) is 0 Å². The highest BCUT2D eigenvalue weighted by atomic mass is 16.5. The lowest BCUT2D eigenvalue weighted by Gasteiger charge is -2.32. The van der Waals surface area contributed by atoms with Gasteiger partial charge in [-0.3, -0.25) is 4.79 Å². The van der Waals surface area contributed by atoms with Gasteiger partial charge in [-0.2, -0.15) is 0 Å². The monoisotopic (exact) mass is 234 g/mol. The van der Waals surface area contributed by atoms with Crippen LogP contribution in [0.1, 0.15) is 30.7 Å². The van der Waals surface area contributed by atoms with E-state index in [1.807, 2.05) is 30.3 Å². The highest BCUT2D eigenvalue weighted by molar-refractivity contribution is 5.72. The number of aliphatic hydroxyl groups is 1. The molecule has 1 aliphatic rings. The topological polar surface area (TPSA) is 46.5 Å². The molecule has 17 heavy (non-hydrogen) atoms. The molecule has 0 heterocycles. The van der Waals surface area contributed by atoms with Crippen LogP contribution >= 0.6 is 0 Å². The third-order valence-corrected chi connectivity index (χ3v) is 3.58. The number of methoxy groups -OCH3 is 1. The molecule has 2 rings (SSSR count). The highest BCUT2D eigenvalue weighted by Gasteiger charge is 2.34. The van der Waals surface area contributed by atoms with Crippen LogP contribution in [0.25, 0.3) is 0 Å². The fourth-order valence-corrected chi connectivity index (χ4v) is 2.59. The molecule has 0 radical (unpaired) electrons. The number of benzene rings is 1. The molecule has 92 valence electrons. The van der Waals surface area contributed by atoms with Crippen molar-refractivity contribution < 1.29 is 14.6 Å². The summed E-state index contributed by atoms with van der Waals surface area (Å²) in [5.74, 6) is -0.180. The summed E-state index contributed by atoms with van der Waals surface area (Å²) >= 11 is 0. The van der Waals surface area contributed by atoms with Crippen molar-refractivity contribution in [1.29, 1.82) is 0 Å². The molecule has 1 aliphatic carbocycles. The van der Waals surface area contributed by atoms with Gasteiger partial charge in [-0.1, -0.05) is 30.3 Å². The van der Waals surface area contributed by atoms with Gasteiger partial charge >= 0.3 is 5.97 Å². The Morgan fingerprint density at radius 2 is 2.00 bits per heavy atom. The second kappa shape index (κ2) is 5.32. The maximum absolute atomic E-state index is 11.5. The van der Waals surface area contributed by atoms with Gasteiger partial charge in [0.05, 0.1) is 19.1 Å². The summed E-state index contributed by atoms with van der Waals surface area (Å²) in [6.45, 7) is 0. The molecule has 0 amide bonds. The lowest BCUT2D eigenvalue weighted by atomic mass is 9.76. The van der Waals surface area contributed by atoms with Crippen LogP contribution in [-0.2, 0) is 9.53 Å². The Kier molecular flexibility index (Phi) is 3.79. The standard InChI is InChI=1S/C14H18O3/c1-17-14(16)11-7-8-13(15)12(9-11)10-5-3-2-4-6-10/h2-6,11-13,15H,7-9H2,1H3/t11-,12-,13+/m0/s1. The number of aliphatic hydroxyl groups excluding tert-OH is 1. The molecular weight excluding hydrogens is 216 g/mol. The zero-order chi connectivity index (χ0) is 12.3. The minimum atomic E-state index is -0.349. The van der Waals surface area contributed by atoms with Gasteiger partial charge in [-0.25, -0.2) is 0 Å². The van der Waals surface area contributed by atoms with Gasteiger partial charge in [-0.05, 0) is 24.8 Å². The van der Waals surface area contributed by atoms with Crippen molar-refractivity contribution in [2.45, 2.75) is 31.3 Å². The zero-order valence-electron chi connectivity index (χ0n) is 10.0. The molecule has 1 N–H and O–H groups in total. The number of hydrogen-bond acceptors (Lipinski definition) is 3. The second-order valence-electron chi connectivity index (χ2n) is 4.62. The molecule has 3 heteroatoms. The minimum absolute atomic E-state index is 0.0500. The van der Waals surface area contributed by atoms with Crippen LogP contribution in [0, 0.1) is 5.92 Å². The first-order valence-corrected chi connectivity index (χ1v) is 6.03. The Bertz CT molecular complexity index is 374. The average molecular weight is 234 g/mol. The molecule has 1 saturated carbocycles. The maximum Gasteiger partial charge on any atom is 0.308 e. The van der Waals surface area contributed by atoms with Crippen LogP contribution in [0.2, 0.25) is 0 Å². The average Bonchev–Trinajstić information content (AvgIpc) is 2.39. The molecule has 1 aromatic rings. The molecule has 3 atom stereocenters. The molecule has 0 aromatic heterocycles. The molecule has 3 nitrogen and oxygen atoms in total. The first-order valence-electron chi connectivity index (χ1n) is 6.03. The van der Waals surface area contributed by atoms with E-state index in [2.05, 4.69) is 0 Å². The summed E-state index contributed by atoms with van der Waals surface area (Å²) in [7, 11) is 1.42. The van der Waals surface area contributed by atoms with E-state index in [4.69, 9.17) is 4.74 Å². The van der Waals surface area contributed by atoms with Crippen molar-refractivity contribution in [3.05, 3.63) is 35.9 Å². The third-order valence-electron chi connectivity index (χ3n) is 3.58. The van der Waals surface area contributed by atoms with E-state index in [9.17, 15) is 9.90 Å². The number of carbonyl (C=O) groups is 1. The number of ether oxygens (including phenoxy) is 1. The fourth-order valence-electron chi connectivity index (χ4n) is 2.59. The van der Waals surface area contributed by atoms with Gasteiger partial charge in [0.25, 0.3) is 0 Å². The van der Waals surface area contributed by atoms with Gasteiger partial charge in [0, 0.05) is 5.92 Å². The Morgan fingerprint density at radius 1 is 1.29 bits per heavy atom. The van der Waals surface area contributed by atoms with Crippen molar-refractivity contribution >= 4 is 5.97 Å². The van der Waals surface area contributed by atoms with E-state index in [-0.39, 0.29) is 23.9 Å². The van der Waals surface area contributed by atoms with Crippen LogP contribution in [0.15, 0.2) is 30.3 Å². The first-order chi connectivity index (χ1) is 8.22. The van der Waals surface area contributed by atoms with Crippen molar-refractivity contribution in [3.8, 4) is 0 Å². The van der Waals surface area contributed by atoms with E-state index in [1.54, 1.807) is 0 Å². The summed E-state index contributed by atoms with van der Waals surface area (Å²) < 4.78 is 4.79. The van der Waals surface area contributed by atoms with Crippen molar-refractivity contribution in [2.24, 2.45) is 5.92 Å². The SMILES string of the molecule is COC(=O)[C@H]1CC[C@@H](O)[C@H](c2ccccc2)C1. The predicted octanol–water partition coefficient (Wildman–Crippen LogP) is 2.10. The van der Waals surface area contributed by atoms with E-state index in [1.165, 1.54) is 7.11 Å². The van der Waals surface area contributed by atoms with Gasteiger partial charge < -0.3 is 9.84 Å². The molecular formula is C14H18O3. The van der Waals surface area contributed by atoms with Crippen LogP contribution in [-0.4, -0.2) is 24.3 Å².